The fourth-order valence-corrected chi connectivity index (χ4v) is 4.90. The van der Waals surface area contributed by atoms with E-state index in [1.807, 2.05) is 0 Å². The Morgan fingerprint density at radius 1 is 0.606 bits per heavy atom. The van der Waals surface area contributed by atoms with Crippen molar-refractivity contribution in [2.24, 2.45) is 0 Å². The smallest absolute Gasteiger partial charge is 0.234 e. The molecule has 186 valence electrons. The van der Waals surface area contributed by atoms with Crippen LogP contribution in [0.15, 0.2) is 42.7 Å². The van der Waals surface area contributed by atoms with Gasteiger partial charge in [-0.2, -0.15) is 0 Å². The van der Waals surface area contributed by atoms with Gasteiger partial charge in [-0.25, -0.2) is 9.13 Å². The molecule has 0 saturated heterocycles. The lowest BCUT2D eigenvalue weighted by Gasteiger charge is -2.07. The second-order valence-electron chi connectivity index (χ2n) is 10.1. The number of rotatable bonds is 21. The van der Waals surface area contributed by atoms with Gasteiger partial charge in [-0.1, -0.05) is 128 Å². The van der Waals surface area contributed by atoms with Gasteiger partial charge in [-0.15, -0.1) is 0 Å². The maximum Gasteiger partial charge on any atom is 0.260 e. The fraction of sp³-hybridized carbons (Fsp3) is 0.710. The number of benzene rings is 1. The molecule has 33 heavy (non-hydrogen) atoms. The van der Waals surface area contributed by atoms with Crippen LogP contribution in [0.5, 0.6) is 0 Å². The molecule has 2 rings (SSSR count). The maximum absolute atomic E-state index is 2.54. The molecule has 0 unspecified atom stereocenters. The largest absolute Gasteiger partial charge is 0.260 e. The Hall–Kier alpha value is -1.57. The summed E-state index contributed by atoms with van der Waals surface area (Å²) in [6.45, 7) is 6.93. The second-order valence-corrected chi connectivity index (χ2v) is 10.1. The summed E-state index contributed by atoms with van der Waals surface area (Å²) in [5.74, 6) is 1.49. The van der Waals surface area contributed by atoms with E-state index in [-0.39, 0.29) is 0 Å². The third-order valence-electron chi connectivity index (χ3n) is 7.05. The minimum atomic E-state index is 1.04. The number of unbranched alkanes of at least 4 members (excludes halogenated alkanes) is 15. The van der Waals surface area contributed by atoms with Crippen molar-refractivity contribution in [3.63, 3.8) is 0 Å². The van der Waals surface area contributed by atoms with E-state index < -0.39 is 0 Å². The number of aryl methyl sites for hydroxylation is 2. The summed E-state index contributed by atoms with van der Waals surface area (Å²) in [6.07, 6.45) is 29.4. The molecule has 0 amide bonds. The van der Waals surface area contributed by atoms with E-state index >= 15 is 0 Å². The number of aromatic nitrogens is 2. The zero-order valence-corrected chi connectivity index (χ0v) is 22.1. The summed E-state index contributed by atoms with van der Waals surface area (Å²) in [6, 6.07) is 11.0. The molecule has 1 aromatic carbocycles. The van der Waals surface area contributed by atoms with E-state index in [2.05, 4.69) is 65.7 Å². The van der Waals surface area contributed by atoms with Crippen molar-refractivity contribution in [2.75, 3.05) is 0 Å². The third kappa shape index (κ3) is 12.5. The van der Waals surface area contributed by atoms with Crippen molar-refractivity contribution in [3.05, 3.63) is 54.1 Å². The van der Waals surface area contributed by atoms with E-state index in [0.29, 0.717) is 0 Å². The average molecular weight is 454 g/mol. The predicted octanol–water partition coefficient (Wildman–Crippen LogP) is 9.04. The molecule has 0 bridgehead atoms. The van der Waals surface area contributed by atoms with Gasteiger partial charge in [-0.3, -0.25) is 0 Å². The molecule has 2 aromatic rings. The van der Waals surface area contributed by atoms with Crippen molar-refractivity contribution in [3.8, 4) is 0 Å². The van der Waals surface area contributed by atoms with Crippen molar-refractivity contribution < 1.29 is 4.57 Å². The summed E-state index contributed by atoms with van der Waals surface area (Å²) in [7, 11) is 0. The van der Waals surface area contributed by atoms with Gasteiger partial charge in [0.05, 0.1) is 19.5 Å². The van der Waals surface area contributed by atoms with Crippen LogP contribution in [0.25, 0.3) is 0 Å². The Labute approximate surface area is 205 Å². The molecule has 2 heteroatoms. The molecule has 0 spiro atoms. The second kappa shape index (κ2) is 18.8. The highest BCUT2D eigenvalue weighted by Crippen LogP contribution is 2.14. The highest BCUT2D eigenvalue weighted by atomic mass is 15.1. The average Bonchev–Trinajstić information content (AvgIpc) is 3.21. The summed E-state index contributed by atoms with van der Waals surface area (Å²) >= 11 is 0. The molecule has 0 saturated carbocycles. The van der Waals surface area contributed by atoms with Gasteiger partial charge in [0.15, 0.2) is 0 Å². The van der Waals surface area contributed by atoms with Crippen LogP contribution in [0.4, 0.5) is 0 Å². The van der Waals surface area contributed by atoms with Gasteiger partial charge >= 0.3 is 0 Å². The van der Waals surface area contributed by atoms with E-state index in [1.165, 1.54) is 127 Å². The predicted molar refractivity (Wildman–Crippen MR) is 144 cm³/mol. The van der Waals surface area contributed by atoms with Crippen LogP contribution in [0, 0.1) is 0 Å². The normalized spacial score (nSPS) is 11.3. The molecule has 0 atom stereocenters. The molecule has 2 nitrogen and oxygen atoms in total. The molecule has 0 aliphatic rings. The third-order valence-corrected chi connectivity index (χ3v) is 7.05. The van der Waals surface area contributed by atoms with E-state index in [1.54, 1.807) is 0 Å². The lowest BCUT2D eigenvalue weighted by molar-refractivity contribution is -0.703. The van der Waals surface area contributed by atoms with E-state index in [9.17, 15) is 0 Å². The van der Waals surface area contributed by atoms with Gasteiger partial charge in [-0.05, 0) is 31.2 Å². The van der Waals surface area contributed by atoms with Crippen LogP contribution in [0.2, 0.25) is 0 Å². The minimum Gasteiger partial charge on any atom is -0.234 e. The quantitative estimate of drug-likeness (QED) is 0.132. The SMILES string of the molecule is CCCCCCCCCCCCCCn1cc[n+](CCCCCCC)c1Cc1ccccc1. The van der Waals surface area contributed by atoms with Gasteiger partial charge in [0.2, 0.25) is 0 Å². The van der Waals surface area contributed by atoms with E-state index in [0.717, 1.165) is 13.0 Å². The van der Waals surface area contributed by atoms with Crippen LogP contribution in [0.3, 0.4) is 0 Å². The number of imidazole rings is 1. The van der Waals surface area contributed by atoms with Crippen LogP contribution < -0.4 is 4.57 Å². The summed E-state index contributed by atoms with van der Waals surface area (Å²) in [5, 5.41) is 0. The summed E-state index contributed by atoms with van der Waals surface area (Å²) in [5.41, 5.74) is 1.42. The first-order valence-electron chi connectivity index (χ1n) is 14.5. The van der Waals surface area contributed by atoms with Crippen molar-refractivity contribution >= 4 is 0 Å². The van der Waals surface area contributed by atoms with Crippen molar-refractivity contribution in [1.82, 2.24) is 4.57 Å². The standard InChI is InChI=1S/C31H53N2/c1-3-5-7-9-10-11-12-13-14-15-17-22-26-33-28-27-32(25-21-16-8-6-4-2)31(33)29-30-23-19-18-20-24-30/h18-20,23-24,27-28H,3-17,21-22,25-26,29H2,1-2H3/q+1. The van der Waals surface area contributed by atoms with Gasteiger partial charge in [0, 0.05) is 0 Å². The molecule has 0 radical (unpaired) electrons. The molecule has 0 N–H and O–H groups in total. The molecule has 1 heterocycles. The number of hydrogen-bond donors (Lipinski definition) is 0. The highest BCUT2D eigenvalue weighted by molar-refractivity contribution is 5.18. The Bertz CT molecular complexity index is 688. The van der Waals surface area contributed by atoms with Crippen molar-refractivity contribution in [2.45, 2.75) is 143 Å². The first-order chi connectivity index (χ1) is 16.3. The summed E-state index contributed by atoms with van der Waals surface area (Å²) < 4.78 is 5.06. The van der Waals surface area contributed by atoms with Crippen LogP contribution in [-0.4, -0.2) is 4.57 Å². The fourth-order valence-electron chi connectivity index (χ4n) is 4.90. The highest BCUT2D eigenvalue weighted by Gasteiger charge is 2.17. The maximum atomic E-state index is 2.54. The molecule has 0 aliphatic heterocycles. The summed E-state index contributed by atoms with van der Waals surface area (Å²) in [4.78, 5) is 0. The lowest BCUT2D eigenvalue weighted by atomic mass is 10.1. The van der Waals surface area contributed by atoms with E-state index in [4.69, 9.17) is 0 Å². The van der Waals surface area contributed by atoms with Gasteiger partial charge < -0.3 is 0 Å². The van der Waals surface area contributed by atoms with Gasteiger partial charge in [0.25, 0.3) is 5.82 Å². The topological polar surface area (TPSA) is 8.81 Å². The van der Waals surface area contributed by atoms with Crippen molar-refractivity contribution in [1.29, 1.82) is 0 Å². The first-order valence-corrected chi connectivity index (χ1v) is 14.5. The zero-order chi connectivity index (χ0) is 23.4. The molecule has 0 aliphatic carbocycles. The minimum absolute atomic E-state index is 1.04. The Morgan fingerprint density at radius 2 is 1.12 bits per heavy atom. The Kier molecular flexibility index (Phi) is 15.8. The monoisotopic (exact) mass is 453 g/mol. The van der Waals surface area contributed by atoms with Crippen LogP contribution in [0.1, 0.15) is 134 Å². The number of nitrogens with zero attached hydrogens (tertiary/aromatic N) is 2. The van der Waals surface area contributed by atoms with Gasteiger partial charge in [0.1, 0.15) is 12.4 Å². The van der Waals surface area contributed by atoms with Crippen LogP contribution in [-0.2, 0) is 19.5 Å². The van der Waals surface area contributed by atoms with Crippen LogP contribution >= 0.6 is 0 Å². The Morgan fingerprint density at radius 3 is 1.70 bits per heavy atom. The molecular formula is C31H53N2+. The Balaban J connectivity index is 1.69. The molecule has 1 aromatic heterocycles. The zero-order valence-electron chi connectivity index (χ0n) is 22.1. The number of hydrogen-bond acceptors (Lipinski definition) is 0. The first kappa shape index (κ1) is 27.7. The lowest BCUT2D eigenvalue weighted by Crippen LogP contribution is -2.37. The molecular weight excluding hydrogens is 400 g/mol. The molecule has 0 fully saturated rings.